The van der Waals surface area contributed by atoms with E-state index in [9.17, 15) is 17.3 Å². The number of hydrogen-bond acceptors (Lipinski definition) is 1. The standard InChI is InChI=1S/C5H8N2.BF4/c1-5-6-3-4-7(5)2;2-1(3,4)5/h3-4H,1-2H3;/q;-1/p+1. The molecule has 0 aromatic heterocycles. The number of nitrogens with zero attached hydrogens (tertiary/aromatic N) is 1. The first-order chi connectivity index (χ1) is 5.30. The first kappa shape index (κ1) is 11.2. The molecule has 0 spiro atoms. The smallest absolute Gasteiger partial charge is 0.418 e. The molecule has 0 fully saturated rings. The largest absolute Gasteiger partial charge is 0.673 e. The van der Waals surface area contributed by atoms with Gasteiger partial charge in [-0.05, 0) is 0 Å². The van der Waals surface area contributed by atoms with Crippen molar-refractivity contribution in [3.8, 4) is 0 Å². The number of quaternary nitrogens is 1. The van der Waals surface area contributed by atoms with E-state index in [-0.39, 0.29) is 0 Å². The highest BCUT2D eigenvalue weighted by molar-refractivity contribution is 6.50. The number of halogens is 4. The van der Waals surface area contributed by atoms with E-state index in [1.165, 1.54) is 4.90 Å². The van der Waals surface area contributed by atoms with Crippen molar-refractivity contribution in [2.75, 3.05) is 7.05 Å². The van der Waals surface area contributed by atoms with Crippen LogP contribution < -0.4 is 4.90 Å². The van der Waals surface area contributed by atoms with Crippen molar-refractivity contribution in [1.29, 1.82) is 0 Å². The second-order valence-electron chi connectivity index (χ2n) is 2.21. The maximum atomic E-state index is 9.75. The normalized spacial score (nSPS) is 21.5. The van der Waals surface area contributed by atoms with Crippen molar-refractivity contribution in [2.45, 2.75) is 6.92 Å². The van der Waals surface area contributed by atoms with Gasteiger partial charge in [-0.15, -0.1) is 0 Å². The van der Waals surface area contributed by atoms with Gasteiger partial charge in [0.2, 0.25) is 5.84 Å². The molecule has 0 radical (unpaired) electrons. The molecule has 70 valence electrons. The van der Waals surface area contributed by atoms with Gasteiger partial charge in [-0.25, -0.2) is 4.99 Å². The van der Waals surface area contributed by atoms with Crippen molar-refractivity contribution < 1.29 is 22.2 Å². The molecule has 2 nitrogen and oxygen atoms in total. The summed E-state index contributed by atoms with van der Waals surface area (Å²) in [5.41, 5.74) is 0. The first-order valence-corrected chi connectivity index (χ1v) is 3.23. The molecule has 0 bridgehead atoms. The fraction of sp³-hybridized carbons (Fsp3) is 0.400. The van der Waals surface area contributed by atoms with E-state index in [0.717, 1.165) is 5.84 Å². The number of amidine groups is 1. The summed E-state index contributed by atoms with van der Waals surface area (Å²) in [6, 6.07) is 0. The van der Waals surface area contributed by atoms with Crippen LogP contribution in [0.15, 0.2) is 17.4 Å². The van der Waals surface area contributed by atoms with Crippen LogP contribution in [0.4, 0.5) is 17.3 Å². The van der Waals surface area contributed by atoms with Gasteiger partial charge in [0.25, 0.3) is 0 Å². The molecule has 12 heavy (non-hydrogen) atoms. The Morgan fingerprint density at radius 1 is 1.33 bits per heavy atom. The molecular formula is C5H9BF4N2. The molecule has 1 atom stereocenters. The van der Waals surface area contributed by atoms with Crippen LogP contribution in [0.25, 0.3) is 0 Å². The zero-order valence-corrected chi connectivity index (χ0v) is 6.69. The van der Waals surface area contributed by atoms with Crippen LogP contribution in [-0.4, -0.2) is 20.1 Å². The van der Waals surface area contributed by atoms with Crippen LogP contribution in [-0.2, 0) is 0 Å². The van der Waals surface area contributed by atoms with E-state index in [1.54, 1.807) is 0 Å². The third kappa shape index (κ3) is 7.26. The quantitative estimate of drug-likeness (QED) is 0.421. The van der Waals surface area contributed by atoms with Crippen molar-refractivity contribution in [1.82, 2.24) is 0 Å². The maximum Gasteiger partial charge on any atom is 0.673 e. The van der Waals surface area contributed by atoms with Crippen LogP contribution in [0, 0.1) is 0 Å². The van der Waals surface area contributed by atoms with Crippen LogP contribution in [0.1, 0.15) is 6.92 Å². The molecule has 1 rings (SSSR count). The lowest BCUT2D eigenvalue weighted by Crippen LogP contribution is -3.05. The number of rotatable bonds is 0. The molecule has 0 saturated heterocycles. The molecule has 1 heterocycles. The number of nitrogens with one attached hydrogen (secondary N) is 1. The highest BCUT2D eigenvalue weighted by atomic mass is 19.5. The summed E-state index contributed by atoms with van der Waals surface area (Å²) >= 11 is 0. The third-order valence-electron chi connectivity index (χ3n) is 1.16. The molecule has 7 heteroatoms. The van der Waals surface area contributed by atoms with Gasteiger partial charge in [-0.1, -0.05) is 0 Å². The molecule has 0 amide bonds. The van der Waals surface area contributed by atoms with E-state index in [0.29, 0.717) is 0 Å². The minimum absolute atomic E-state index is 1.14. The summed E-state index contributed by atoms with van der Waals surface area (Å²) in [6.07, 6.45) is 3.83. The third-order valence-corrected chi connectivity index (χ3v) is 1.16. The van der Waals surface area contributed by atoms with Crippen molar-refractivity contribution in [2.24, 2.45) is 4.99 Å². The fourth-order valence-electron chi connectivity index (χ4n) is 0.483. The molecule has 1 unspecified atom stereocenters. The summed E-state index contributed by atoms with van der Waals surface area (Å²) in [6.45, 7) is 2.01. The van der Waals surface area contributed by atoms with E-state index in [4.69, 9.17) is 0 Å². The van der Waals surface area contributed by atoms with Gasteiger partial charge < -0.3 is 17.3 Å². The average molecular weight is 184 g/mol. The van der Waals surface area contributed by atoms with Crippen LogP contribution >= 0.6 is 0 Å². The molecule has 0 aromatic carbocycles. The Bertz CT molecular complexity index is 192. The summed E-state index contributed by atoms with van der Waals surface area (Å²) in [4.78, 5) is 5.29. The highest BCUT2D eigenvalue weighted by Gasteiger charge is 2.20. The fourth-order valence-corrected chi connectivity index (χ4v) is 0.483. The van der Waals surface area contributed by atoms with Gasteiger partial charge in [-0.2, -0.15) is 0 Å². The number of hydrogen-bond donors (Lipinski definition) is 1. The molecule has 0 aliphatic carbocycles. The predicted molar refractivity (Wildman–Crippen MR) is 39.3 cm³/mol. The zero-order valence-electron chi connectivity index (χ0n) is 6.69. The van der Waals surface area contributed by atoms with E-state index in [2.05, 4.69) is 12.0 Å². The van der Waals surface area contributed by atoms with Gasteiger partial charge in [0.15, 0.2) is 0 Å². The van der Waals surface area contributed by atoms with Gasteiger partial charge in [0.05, 0.1) is 13.2 Å². The van der Waals surface area contributed by atoms with Gasteiger partial charge in [0, 0.05) is 6.92 Å². The van der Waals surface area contributed by atoms with E-state index < -0.39 is 7.25 Å². The molecule has 0 aromatic rings. The topological polar surface area (TPSA) is 16.8 Å². The molecular weight excluding hydrogens is 175 g/mol. The van der Waals surface area contributed by atoms with Crippen LogP contribution in [0.2, 0.25) is 0 Å². The molecule has 0 saturated carbocycles. The Balaban J connectivity index is 0.000000217. The molecule has 1 aliphatic rings. The summed E-state index contributed by atoms with van der Waals surface area (Å²) in [7, 11) is -3.94. The second kappa shape index (κ2) is 4.25. The maximum absolute atomic E-state index is 9.75. The van der Waals surface area contributed by atoms with Crippen molar-refractivity contribution in [3.63, 3.8) is 0 Å². The summed E-state index contributed by atoms with van der Waals surface area (Å²) in [5, 5.41) is 0. The summed E-state index contributed by atoms with van der Waals surface area (Å²) < 4.78 is 39.0. The zero-order chi connectivity index (χ0) is 9.78. The van der Waals surface area contributed by atoms with Crippen molar-refractivity contribution in [3.05, 3.63) is 12.4 Å². The second-order valence-corrected chi connectivity index (χ2v) is 2.21. The minimum atomic E-state index is -6.00. The lowest BCUT2D eigenvalue weighted by atomic mass is 10.3. The Morgan fingerprint density at radius 2 is 1.75 bits per heavy atom. The highest BCUT2D eigenvalue weighted by Crippen LogP contribution is 2.06. The predicted octanol–water partition coefficient (Wildman–Crippen LogP) is 0.704. The Hall–Kier alpha value is -0.845. The SMILES string of the molecule is CC1=NC=C[NH+]1C.F[B-](F)(F)F. The lowest BCUT2D eigenvalue weighted by molar-refractivity contribution is -0.718. The minimum Gasteiger partial charge on any atom is -0.418 e. The van der Waals surface area contributed by atoms with Gasteiger partial charge in [-0.3, -0.25) is 4.90 Å². The Kier molecular flexibility index (Phi) is 3.95. The lowest BCUT2D eigenvalue weighted by Gasteiger charge is -1.96. The first-order valence-electron chi connectivity index (χ1n) is 3.23. The number of aliphatic imine (C=N–C) groups is 1. The van der Waals surface area contributed by atoms with E-state index in [1.807, 2.05) is 19.3 Å². The monoisotopic (exact) mass is 184 g/mol. The van der Waals surface area contributed by atoms with Crippen LogP contribution in [0.3, 0.4) is 0 Å². The Labute approximate surface area is 67.7 Å². The van der Waals surface area contributed by atoms with E-state index >= 15 is 0 Å². The Morgan fingerprint density at radius 3 is 1.83 bits per heavy atom. The van der Waals surface area contributed by atoms with Crippen LogP contribution in [0.5, 0.6) is 0 Å². The molecule has 1 aliphatic heterocycles. The molecule has 1 N–H and O–H groups in total. The summed E-state index contributed by atoms with van der Waals surface area (Å²) in [5.74, 6) is 1.14. The van der Waals surface area contributed by atoms with Gasteiger partial charge >= 0.3 is 7.25 Å². The van der Waals surface area contributed by atoms with Gasteiger partial charge in [0.1, 0.15) is 6.20 Å². The average Bonchev–Trinajstić information content (AvgIpc) is 2.12. The van der Waals surface area contributed by atoms with Crippen molar-refractivity contribution >= 4 is 13.1 Å².